The predicted octanol–water partition coefficient (Wildman–Crippen LogP) is 1.78. The van der Waals surface area contributed by atoms with Gasteiger partial charge in [-0.3, -0.25) is 4.79 Å². The number of H-pyrrole nitrogens is 1. The van der Waals surface area contributed by atoms with E-state index < -0.39 is 0 Å². The third-order valence-electron chi connectivity index (χ3n) is 3.02. The van der Waals surface area contributed by atoms with Crippen LogP contribution in [0.25, 0.3) is 11.0 Å². The zero-order valence-electron chi connectivity index (χ0n) is 10.5. The maximum atomic E-state index is 11.4. The van der Waals surface area contributed by atoms with Gasteiger partial charge >= 0.3 is 0 Å². The molecule has 0 bridgehead atoms. The van der Waals surface area contributed by atoms with Crippen molar-refractivity contribution in [1.29, 1.82) is 0 Å². The van der Waals surface area contributed by atoms with E-state index in [0.29, 0.717) is 6.54 Å². The average molecular weight is 255 g/mol. The molecule has 5 heteroatoms. The molecule has 0 radical (unpaired) electrons. The van der Waals surface area contributed by atoms with Crippen LogP contribution in [0, 0.1) is 0 Å². The van der Waals surface area contributed by atoms with Gasteiger partial charge in [0.25, 0.3) is 0 Å². The summed E-state index contributed by atoms with van der Waals surface area (Å²) < 4.78 is 6.90. The molecule has 0 amide bonds. The summed E-state index contributed by atoms with van der Waals surface area (Å²) in [6.07, 6.45) is 1.74. The van der Waals surface area contributed by atoms with Gasteiger partial charge in [-0.2, -0.15) is 5.10 Å². The number of hydrogen-bond donors (Lipinski definition) is 1. The largest absolute Gasteiger partial charge is 0.497 e. The highest BCUT2D eigenvalue weighted by atomic mass is 16.5. The first-order chi connectivity index (χ1) is 9.26. The van der Waals surface area contributed by atoms with Crippen LogP contribution in [-0.4, -0.2) is 21.9 Å². The van der Waals surface area contributed by atoms with Gasteiger partial charge in [-0.1, -0.05) is 12.1 Å². The van der Waals surface area contributed by atoms with Crippen LogP contribution >= 0.6 is 0 Å². The number of fused-ring (bicyclic) bond motifs is 1. The average Bonchev–Trinajstić information content (AvgIpc) is 2.82. The van der Waals surface area contributed by atoms with E-state index in [1.165, 1.54) is 6.07 Å². The van der Waals surface area contributed by atoms with Crippen molar-refractivity contribution in [2.45, 2.75) is 6.54 Å². The van der Waals surface area contributed by atoms with Crippen LogP contribution in [0.2, 0.25) is 0 Å². The summed E-state index contributed by atoms with van der Waals surface area (Å²) >= 11 is 0. The number of rotatable bonds is 3. The van der Waals surface area contributed by atoms with Gasteiger partial charge < -0.3 is 9.72 Å². The first kappa shape index (κ1) is 11.5. The van der Waals surface area contributed by atoms with Gasteiger partial charge in [0.05, 0.1) is 19.9 Å². The summed E-state index contributed by atoms with van der Waals surface area (Å²) in [5.41, 5.74) is 1.71. The summed E-state index contributed by atoms with van der Waals surface area (Å²) in [5.74, 6) is 0.822. The number of aromatic amines is 1. The Morgan fingerprint density at radius 3 is 2.74 bits per heavy atom. The van der Waals surface area contributed by atoms with E-state index in [1.807, 2.05) is 24.3 Å². The number of benzene rings is 1. The van der Waals surface area contributed by atoms with E-state index >= 15 is 0 Å². The van der Waals surface area contributed by atoms with Gasteiger partial charge in [0.1, 0.15) is 11.4 Å². The van der Waals surface area contributed by atoms with Crippen LogP contribution in [0.15, 0.2) is 47.4 Å². The van der Waals surface area contributed by atoms with Gasteiger partial charge in [0, 0.05) is 11.5 Å². The highest BCUT2D eigenvalue weighted by Gasteiger charge is 2.04. The van der Waals surface area contributed by atoms with Crippen LogP contribution in [0.4, 0.5) is 0 Å². The maximum absolute atomic E-state index is 11.4. The molecule has 3 aromatic rings. The first-order valence-corrected chi connectivity index (χ1v) is 5.94. The third kappa shape index (κ3) is 2.22. The molecule has 5 nitrogen and oxygen atoms in total. The zero-order chi connectivity index (χ0) is 13.2. The minimum atomic E-state index is -0.121. The number of pyridine rings is 1. The lowest BCUT2D eigenvalue weighted by atomic mass is 10.2. The first-order valence-electron chi connectivity index (χ1n) is 5.94. The van der Waals surface area contributed by atoms with Crippen molar-refractivity contribution in [2.75, 3.05) is 7.11 Å². The predicted molar refractivity (Wildman–Crippen MR) is 72.4 cm³/mol. The summed E-state index contributed by atoms with van der Waals surface area (Å²) in [6, 6.07) is 11.0. The molecule has 2 heterocycles. The van der Waals surface area contributed by atoms with Crippen molar-refractivity contribution in [1.82, 2.24) is 14.8 Å². The summed E-state index contributed by atoms with van der Waals surface area (Å²) in [6.45, 7) is 0.605. The minimum absolute atomic E-state index is 0.121. The van der Waals surface area contributed by atoms with Crippen molar-refractivity contribution in [3.63, 3.8) is 0 Å². The Bertz CT molecular complexity index is 756. The van der Waals surface area contributed by atoms with Crippen molar-refractivity contribution in [2.24, 2.45) is 0 Å². The second-order valence-corrected chi connectivity index (χ2v) is 4.28. The van der Waals surface area contributed by atoms with E-state index in [1.54, 1.807) is 24.1 Å². The van der Waals surface area contributed by atoms with Crippen molar-refractivity contribution < 1.29 is 4.74 Å². The smallest absolute Gasteiger partial charge is 0.249 e. The lowest BCUT2D eigenvalue weighted by Crippen LogP contribution is -2.08. The SMILES string of the molecule is COc1ccc(Cn2ncc3ccc(=O)[nH]c32)cc1. The molecule has 2 aromatic heterocycles. The van der Waals surface area contributed by atoms with Crippen molar-refractivity contribution in [3.05, 3.63) is 58.5 Å². The molecule has 3 rings (SSSR count). The molecule has 1 N–H and O–H groups in total. The lowest BCUT2D eigenvalue weighted by molar-refractivity contribution is 0.414. The molecular weight excluding hydrogens is 242 g/mol. The molecular formula is C14H13N3O2. The zero-order valence-corrected chi connectivity index (χ0v) is 10.5. The van der Waals surface area contributed by atoms with Gasteiger partial charge in [0.15, 0.2) is 0 Å². The second kappa shape index (κ2) is 4.61. The minimum Gasteiger partial charge on any atom is -0.497 e. The van der Waals surface area contributed by atoms with Crippen LogP contribution < -0.4 is 10.3 Å². The van der Waals surface area contributed by atoms with Gasteiger partial charge in [0.2, 0.25) is 5.56 Å². The molecule has 0 spiro atoms. The fourth-order valence-corrected chi connectivity index (χ4v) is 2.01. The Morgan fingerprint density at radius 2 is 2.00 bits per heavy atom. The molecule has 1 aromatic carbocycles. The number of methoxy groups -OCH3 is 1. The van der Waals surface area contributed by atoms with Gasteiger partial charge in [-0.15, -0.1) is 0 Å². The molecule has 0 aliphatic rings. The van der Waals surface area contributed by atoms with Crippen LogP contribution in [0.3, 0.4) is 0 Å². The van der Waals surface area contributed by atoms with E-state index in [0.717, 1.165) is 22.3 Å². The standard InChI is InChI=1S/C14H13N3O2/c1-19-12-5-2-10(3-6-12)9-17-14-11(8-15-17)4-7-13(18)16-14/h2-8H,9H2,1H3,(H,16,18). The molecule has 96 valence electrons. The van der Waals surface area contributed by atoms with Crippen LogP contribution in [0.1, 0.15) is 5.56 Å². The van der Waals surface area contributed by atoms with Crippen LogP contribution in [0.5, 0.6) is 5.75 Å². The maximum Gasteiger partial charge on any atom is 0.249 e. The number of nitrogens with one attached hydrogen (secondary N) is 1. The Balaban J connectivity index is 1.96. The molecule has 0 atom stereocenters. The highest BCUT2D eigenvalue weighted by molar-refractivity contribution is 5.73. The summed E-state index contributed by atoms with van der Waals surface area (Å²) in [4.78, 5) is 14.2. The molecule has 19 heavy (non-hydrogen) atoms. The van der Waals surface area contributed by atoms with E-state index in [-0.39, 0.29) is 5.56 Å². The molecule has 0 fully saturated rings. The normalized spacial score (nSPS) is 10.8. The van der Waals surface area contributed by atoms with E-state index in [4.69, 9.17) is 4.74 Å². The molecule has 0 aliphatic carbocycles. The Morgan fingerprint density at radius 1 is 1.21 bits per heavy atom. The molecule has 0 unspecified atom stereocenters. The quantitative estimate of drug-likeness (QED) is 0.776. The van der Waals surface area contributed by atoms with E-state index in [2.05, 4.69) is 10.1 Å². The Labute approximate surface area is 109 Å². The third-order valence-corrected chi connectivity index (χ3v) is 3.02. The second-order valence-electron chi connectivity index (χ2n) is 4.28. The summed E-state index contributed by atoms with van der Waals surface area (Å²) in [5, 5.41) is 5.21. The lowest BCUT2D eigenvalue weighted by Gasteiger charge is -2.05. The topological polar surface area (TPSA) is 59.9 Å². The highest BCUT2D eigenvalue weighted by Crippen LogP contribution is 2.14. The number of nitrogens with zero attached hydrogens (tertiary/aromatic N) is 2. The molecule has 0 saturated heterocycles. The Kier molecular flexibility index (Phi) is 2.79. The van der Waals surface area contributed by atoms with Crippen LogP contribution in [-0.2, 0) is 6.54 Å². The van der Waals surface area contributed by atoms with Gasteiger partial charge in [-0.25, -0.2) is 4.68 Å². The Hall–Kier alpha value is -2.56. The van der Waals surface area contributed by atoms with Crippen molar-refractivity contribution in [3.8, 4) is 5.75 Å². The fourth-order valence-electron chi connectivity index (χ4n) is 2.01. The fraction of sp³-hybridized carbons (Fsp3) is 0.143. The number of ether oxygens (including phenoxy) is 1. The van der Waals surface area contributed by atoms with E-state index in [9.17, 15) is 4.79 Å². The summed E-state index contributed by atoms with van der Waals surface area (Å²) in [7, 11) is 1.64. The monoisotopic (exact) mass is 255 g/mol. The van der Waals surface area contributed by atoms with Gasteiger partial charge in [-0.05, 0) is 23.8 Å². The molecule has 0 aliphatic heterocycles. The van der Waals surface area contributed by atoms with Crippen molar-refractivity contribution >= 4 is 11.0 Å². The molecule has 0 saturated carbocycles. The number of aromatic nitrogens is 3. The number of hydrogen-bond acceptors (Lipinski definition) is 3.